The minimum absolute atomic E-state index is 0.113. The van der Waals surface area contributed by atoms with Crippen molar-refractivity contribution in [2.75, 3.05) is 13.7 Å². The highest BCUT2D eigenvalue weighted by Crippen LogP contribution is 2.13. The zero-order valence-corrected chi connectivity index (χ0v) is 12.2. The fraction of sp³-hybridized carbons (Fsp3) is 0.385. The first-order valence-electron chi connectivity index (χ1n) is 6.39. The molecule has 0 atom stereocenters. The highest BCUT2D eigenvalue weighted by molar-refractivity contribution is 5.96. The van der Waals surface area contributed by atoms with Crippen LogP contribution in [-0.4, -0.2) is 38.9 Å². The standard InChI is InChI=1S/C13H17N5O3/c1-9-6-14-8-18(13(9)20)5-4-15-11(19)10-7-17(2)16-12(10)21-3/h6-8H,4-5H2,1-3H3,(H,15,19). The highest BCUT2D eigenvalue weighted by atomic mass is 16.5. The largest absolute Gasteiger partial charge is 0.479 e. The predicted octanol–water partition coefficient (Wildman–Crippen LogP) is -0.276. The van der Waals surface area contributed by atoms with Crippen molar-refractivity contribution in [3.05, 3.63) is 40.2 Å². The Kier molecular flexibility index (Phi) is 4.36. The van der Waals surface area contributed by atoms with Gasteiger partial charge in [-0.15, -0.1) is 5.10 Å². The second-order valence-electron chi connectivity index (χ2n) is 4.56. The van der Waals surface area contributed by atoms with Crippen LogP contribution < -0.4 is 15.6 Å². The number of nitrogens with one attached hydrogen (secondary N) is 1. The first kappa shape index (κ1) is 14.8. The molecule has 0 radical (unpaired) electrons. The molecule has 0 fully saturated rings. The summed E-state index contributed by atoms with van der Waals surface area (Å²) in [4.78, 5) is 27.8. The maximum atomic E-state index is 12.0. The van der Waals surface area contributed by atoms with Crippen LogP contribution in [0.3, 0.4) is 0 Å². The van der Waals surface area contributed by atoms with Crippen LogP contribution in [-0.2, 0) is 13.6 Å². The average molecular weight is 291 g/mol. The van der Waals surface area contributed by atoms with Gasteiger partial charge in [-0.3, -0.25) is 18.8 Å². The number of hydrogen-bond acceptors (Lipinski definition) is 5. The van der Waals surface area contributed by atoms with Crippen molar-refractivity contribution in [1.29, 1.82) is 0 Å². The van der Waals surface area contributed by atoms with Crippen molar-refractivity contribution < 1.29 is 9.53 Å². The Labute approximate surface area is 121 Å². The van der Waals surface area contributed by atoms with E-state index in [2.05, 4.69) is 15.4 Å². The van der Waals surface area contributed by atoms with Gasteiger partial charge in [-0.05, 0) is 6.92 Å². The predicted molar refractivity (Wildman–Crippen MR) is 75.3 cm³/mol. The van der Waals surface area contributed by atoms with Crippen molar-refractivity contribution >= 4 is 5.91 Å². The number of carbonyl (C=O) groups excluding carboxylic acids is 1. The summed E-state index contributed by atoms with van der Waals surface area (Å²) in [5.41, 5.74) is 0.811. The van der Waals surface area contributed by atoms with E-state index in [9.17, 15) is 9.59 Å². The summed E-state index contributed by atoms with van der Waals surface area (Å²) in [6, 6.07) is 0. The summed E-state index contributed by atoms with van der Waals surface area (Å²) in [6.07, 6.45) is 4.54. The lowest BCUT2D eigenvalue weighted by atomic mass is 10.3. The lowest BCUT2D eigenvalue weighted by Gasteiger charge is -2.07. The smallest absolute Gasteiger partial charge is 0.258 e. The molecular weight excluding hydrogens is 274 g/mol. The molecule has 0 aromatic carbocycles. The van der Waals surface area contributed by atoms with Crippen LogP contribution in [0.2, 0.25) is 0 Å². The van der Waals surface area contributed by atoms with Crippen LogP contribution in [0, 0.1) is 6.92 Å². The van der Waals surface area contributed by atoms with Crippen molar-refractivity contribution in [2.24, 2.45) is 7.05 Å². The molecule has 0 bridgehead atoms. The van der Waals surface area contributed by atoms with E-state index in [0.29, 0.717) is 24.2 Å². The van der Waals surface area contributed by atoms with E-state index in [1.165, 1.54) is 28.9 Å². The summed E-state index contributed by atoms with van der Waals surface area (Å²) in [7, 11) is 3.16. The molecular formula is C13H17N5O3. The number of carbonyl (C=O) groups is 1. The number of hydrogen-bond donors (Lipinski definition) is 1. The maximum absolute atomic E-state index is 12.0. The van der Waals surface area contributed by atoms with Crippen LogP contribution in [0.4, 0.5) is 0 Å². The molecule has 8 nitrogen and oxygen atoms in total. The second kappa shape index (κ2) is 6.21. The van der Waals surface area contributed by atoms with Gasteiger partial charge in [0.05, 0.1) is 13.4 Å². The summed E-state index contributed by atoms with van der Waals surface area (Å²) >= 11 is 0. The average Bonchev–Trinajstić information content (AvgIpc) is 2.84. The number of rotatable bonds is 5. The van der Waals surface area contributed by atoms with Crippen LogP contribution in [0.15, 0.2) is 23.5 Å². The molecule has 0 unspecified atom stereocenters. The van der Waals surface area contributed by atoms with Gasteiger partial charge in [-0.1, -0.05) is 0 Å². The first-order valence-corrected chi connectivity index (χ1v) is 6.39. The van der Waals surface area contributed by atoms with Crippen molar-refractivity contribution in [3.63, 3.8) is 0 Å². The Hall–Kier alpha value is -2.64. The van der Waals surface area contributed by atoms with Gasteiger partial charge in [0.15, 0.2) is 0 Å². The Balaban J connectivity index is 1.98. The summed E-state index contributed by atoms with van der Waals surface area (Å²) < 4.78 is 7.99. The Morgan fingerprint density at radius 2 is 2.24 bits per heavy atom. The molecule has 0 aliphatic rings. The van der Waals surface area contributed by atoms with E-state index in [0.717, 1.165) is 0 Å². The molecule has 112 valence electrons. The maximum Gasteiger partial charge on any atom is 0.258 e. The number of ether oxygens (including phenoxy) is 1. The number of aromatic nitrogens is 4. The summed E-state index contributed by atoms with van der Waals surface area (Å²) in [5.74, 6) is -0.0296. The van der Waals surface area contributed by atoms with E-state index in [1.54, 1.807) is 20.2 Å². The molecule has 0 spiro atoms. The number of aryl methyl sites for hydroxylation is 2. The lowest BCUT2D eigenvalue weighted by Crippen LogP contribution is -2.31. The summed E-state index contributed by atoms with van der Waals surface area (Å²) in [5, 5.41) is 6.73. The lowest BCUT2D eigenvalue weighted by molar-refractivity contribution is 0.0949. The molecule has 21 heavy (non-hydrogen) atoms. The molecule has 1 N–H and O–H groups in total. The van der Waals surface area contributed by atoms with Gasteiger partial charge in [0.2, 0.25) is 5.88 Å². The fourth-order valence-corrected chi connectivity index (χ4v) is 1.88. The fourth-order valence-electron chi connectivity index (χ4n) is 1.88. The summed E-state index contributed by atoms with van der Waals surface area (Å²) in [6.45, 7) is 2.36. The van der Waals surface area contributed by atoms with Gasteiger partial charge in [0.25, 0.3) is 11.5 Å². The third-order valence-electron chi connectivity index (χ3n) is 2.94. The minimum Gasteiger partial charge on any atom is -0.479 e. The molecule has 0 saturated heterocycles. The third-order valence-corrected chi connectivity index (χ3v) is 2.94. The Bertz CT molecular complexity index is 704. The molecule has 2 aromatic heterocycles. The van der Waals surface area contributed by atoms with E-state index in [4.69, 9.17) is 4.74 Å². The molecule has 2 aromatic rings. The number of methoxy groups -OCH3 is 1. The molecule has 8 heteroatoms. The third kappa shape index (κ3) is 3.28. The van der Waals surface area contributed by atoms with Crippen LogP contribution in [0.1, 0.15) is 15.9 Å². The van der Waals surface area contributed by atoms with Gasteiger partial charge in [-0.2, -0.15) is 0 Å². The van der Waals surface area contributed by atoms with Gasteiger partial charge >= 0.3 is 0 Å². The SMILES string of the molecule is COc1nn(C)cc1C(=O)NCCn1cncc(C)c1=O. The van der Waals surface area contributed by atoms with Gasteiger partial charge < -0.3 is 10.1 Å². The van der Waals surface area contributed by atoms with Gasteiger partial charge in [0.1, 0.15) is 5.56 Å². The van der Waals surface area contributed by atoms with Gasteiger partial charge in [0, 0.05) is 38.1 Å². The zero-order chi connectivity index (χ0) is 15.4. The highest BCUT2D eigenvalue weighted by Gasteiger charge is 2.15. The topological polar surface area (TPSA) is 91.0 Å². The molecule has 2 rings (SSSR count). The molecule has 0 aliphatic heterocycles. The zero-order valence-electron chi connectivity index (χ0n) is 12.2. The van der Waals surface area contributed by atoms with Crippen molar-refractivity contribution in [2.45, 2.75) is 13.5 Å². The molecule has 1 amide bonds. The quantitative estimate of drug-likeness (QED) is 0.818. The van der Waals surface area contributed by atoms with Gasteiger partial charge in [-0.25, -0.2) is 4.98 Å². The van der Waals surface area contributed by atoms with Crippen LogP contribution in [0.25, 0.3) is 0 Å². The Morgan fingerprint density at radius 1 is 1.48 bits per heavy atom. The Morgan fingerprint density at radius 3 is 2.95 bits per heavy atom. The second-order valence-corrected chi connectivity index (χ2v) is 4.56. The van der Waals surface area contributed by atoms with Crippen molar-refractivity contribution in [1.82, 2.24) is 24.6 Å². The number of nitrogens with zero attached hydrogens (tertiary/aromatic N) is 4. The van der Waals surface area contributed by atoms with E-state index in [1.807, 2.05) is 0 Å². The number of amides is 1. The first-order chi connectivity index (χ1) is 10.0. The van der Waals surface area contributed by atoms with Crippen molar-refractivity contribution in [3.8, 4) is 5.88 Å². The monoisotopic (exact) mass is 291 g/mol. The van der Waals surface area contributed by atoms with E-state index in [-0.39, 0.29) is 17.3 Å². The molecule has 0 aliphatic carbocycles. The minimum atomic E-state index is -0.298. The molecule has 2 heterocycles. The van der Waals surface area contributed by atoms with E-state index < -0.39 is 0 Å². The van der Waals surface area contributed by atoms with Crippen LogP contribution >= 0.6 is 0 Å². The normalized spacial score (nSPS) is 10.4. The van der Waals surface area contributed by atoms with Crippen LogP contribution in [0.5, 0.6) is 5.88 Å². The molecule has 0 saturated carbocycles. The van der Waals surface area contributed by atoms with E-state index >= 15 is 0 Å².